The van der Waals surface area contributed by atoms with E-state index in [0.717, 1.165) is 11.1 Å². The van der Waals surface area contributed by atoms with E-state index in [9.17, 15) is 18.0 Å². The minimum absolute atomic E-state index is 0.124. The van der Waals surface area contributed by atoms with Crippen LogP contribution < -0.4 is 5.32 Å². The Hall–Kier alpha value is -2.67. The van der Waals surface area contributed by atoms with Crippen molar-refractivity contribution in [3.05, 3.63) is 59.7 Å². The van der Waals surface area contributed by atoms with Crippen molar-refractivity contribution < 1.29 is 22.7 Å². The third-order valence-corrected chi connectivity index (χ3v) is 6.41. The maximum absolute atomic E-state index is 12.5. The summed E-state index contributed by atoms with van der Waals surface area (Å²) in [6.07, 6.45) is 0.668. The Labute approximate surface area is 158 Å². The van der Waals surface area contributed by atoms with Crippen LogP contribution in [0, 0.1) is 12.8 Å². The number of ether oxygens (including phenoxy) is 1. The third-order valence-electron chi connectivity index (χ3n) is 4.57. The van der Waals surface area contributed by atoms with Crippen molar-refractivity contribution in [3.8, 4) is 0 Å². The fraction of sp³-hybridized carbons (Fsp3) is 0.300. The summed E-state index contributed by atoms with van der Waals surface area (Å²) in [6.45, 7) is 2.22. The standard InChI is InChI=1S/C20H21NO5S/c1-14-4-2-3-5-15(14)12-19(22)21-17-6-8-18(9-7-17)27(24,25)13-16-10-11-26-20(16)23/h2-9,16H,10-13H2,1H3,(H,21,22). The average Bonchev–Trinajstić information content (AvgIpc) is 3.01. The molecular weight excluding hydrogens is 366 g/mol. The first-order valence-corrected chi connectivity index (χ1v) is 10.3. The van der Waals surface area contributed by atoms with Crippen molar-refractivity contribution >= 4 is 27.4 Å². The minimum atomic E-state index is -3.59. The lowest BCUT2D eigenvalue weighted by molar-refractivity contribution is -0.140. The van der Waals surface area contributed by atoms with E-state index in [1.165, 1.54) is 12.1 Å². The van der Waals surface area contributed by atoms with Gasteiger partial charge in [-0.15, -0.1) is 0 Å². The molecule has 1 fully saturated rings. The average molecular weight is 387 g/mol. The Kier molecular flexibility index (Phi) is 5.60. The first-order valence-electron chi connectivity index (χ1n) is 8.69. The Morgan fingerprint density at radius 2 is 1.85 bits per heavy atom. The SMILES string of the molecule is Cc1ccccc1CC(=O)Nc1ccc(S(=O)(=O)CC2CCOC2=O)cc1. The number of hydrogen-bond donors (Lipinski definition) is 1. The first-order chi connectivity index (χ1) is 12.8. The lowest BCUT2D eigenvalue weighted by atomic mass is 10.1. The van der Waals surface area contributed by atoms with Crippen molar-refractivity contribution in [3.63, 3.8) is 0 Å². The Balaban J connectivity index is 1.63. The quantitative estimate of drug-likeness (QED) is 0.770. The van der Waals surface area contributed by atoms with E-state index in [2.05, 4.69) is 5.32 Å². The summed E-state index contributed by atoms with van der Waals surface area (Å²) >= 11 is 0. The molecule has 2 aromatic carbocycles. The summed E-state index contributed by atoms with van der Waals surface area (Å²) in [5.74, 6) is -1.50. The maximum atomic E-state index is 12.5. The molecule has 0 aliphatic carbocycles. The second-order valence-corrected chi connectivity index (χ2v) is 8.64. The van der Waals surface area contributed by atoms with Gasteiger partial charge < -0.3 is 10.1 Å². The molecule has 1 aliphatic rings. The van der Waals surface area contributed by atoms with Gasteiger partial charge in [0.15, 0.2) is 9.84 Å². The number of amides is 1. The van der Waals surface area contributed by atoms with Crippen molar-refractivity contribution in [2.75, 3.05) is 17.7 Å². The molecule has 0 spiro atoms. The molecule has 3 rings (SSSR count). The summed E-state index contributed by atoms with van der Waals surface area (Å²) < 4.78 is 29.7. The van der Waals surface area contributed by atoms with Crippen LogP contribution in [0.1, 0.15) is 17.5 Å². The summed E-state index contributed by atoms with van der Waals surface area (Å²) in [7, 11) is -3.59. The summed E-state index contributed by atoms with van der Waals surface area (Å²) in [5, 5.41) is 2.77. The van der Waals surface area contributed by atoms with Crippen LogP contribution in [0.2, 0.25) is 0 Å². The van der Waals surface area contributed by atoms with E-state index in [0.29, 0.717) is 12.1 Å². The highest BCUT2D eigenvalue weighted by molar-refractivity contribution is 7.91. The molecule has 0 radical (unpaired) electrons. The largest absolute Gasteiger partial charge is 0.465 e. The molecule has 27 heavy (non-hydrogen) atoms. The van der Waals surface area contributed by atoms with Gasteiger partial charge in [-0.05, 0) is 48.7 Å². The van der Waals surface area contributed by atoms with Crippen LogP contribution in [-0.4, -0.2) is 32.7 Å². The molecule has 1 saturated heterocycles. The normalized spacial score (nSPS) is 16.8. The van der Waals surface area contributed by atoms with Crippen LogP contribution in [0.4, 0.5) is 5.69 Å². The Morgan fingerprint density at radius 1 is 1.15 bits per heavy atom. The Bertz CT molecular complexity index is 951. The fourth-order valence-electron chi connectivity index (χ4n) is 2.98. The molecule has 1 amide bonds. The smallest absolute Gasteiger partial charge is 0.310 e. The molecule has 1 N–H and O–H groups in total. The molecule has 7 heteroatoms. The van der Waals surface area contributed by atoms with Crippen molar-refractivity contribution in [1.82, 2.24) is 0 Å². The first kappa shape index (κ1) is 19.1. The van der Waals surface area contributed by atoms with Crippen molar-refractivity contribution in [2.45, 2.75) is 24.7 Å². The van der Waals surface area contributed by atoms with E-state index >= 15 is 0 Å². The van der Waals surface area contributed by atoms with E-state index in [-0.39, 0.29) is 29.6 Å². The molecule has 0 saturated carbocycles. The van der Waals surface area contributed by atoms with Gasteiger partial charge in [0.05, 0.1) is 29.6 Å². The maximum Gasteiger partial charge on any atom is 0.310 e. The zero-order chi connectivity index (χ0) is 19.4. The molecule has 142 valence electrons. The molecule has 1 aliphatic heterocycles. The van der Waals surface area contributed by atoms with Crippen LogP contribution in [0.5, 0.6) is 0 Å². The van der Waals surface area contributed by atoms with Crippen LogP contribution in [-0.2, 0) is 30.6 Å². The predicted molar refractivity (Wildman–Crippen MR) is 101 cm³/mol. The molecule has 1 unspecified atom stereocenters. The zero-order valence-corrected chi connectivity index (χ0v) is 15.8. The second kappa shape index (κ2) is 7.92. The van der Waals surface area contributed by atoms with Gasteiger partial charge in [0, 0.05) is 5.69 Å². The van der Waals surface area contributed by atoms with Gasteiger partial charge in [-0.2, -0.15) is 0 Å². The molecule has 0 aromatic heterocycles. The number of cyclic esters (lactones) is 1. The number of aryl methyl sites for hydroxylation is 1. The van der Waals surface area contributed by atoms with Gasteiger partial charge in [-0.3, -0.25) is 9.59 Å². The molecule has 2 aromatic rings. The minimum Gasteiger partial charge on any atom is -0.465 e. The van der Waals surface area contributed by atoms with Crippen molar-refractivity contribution in [2.24, 2.45) is 5.92 Å². The zero-order valence-electron chi connectivity index (χ0n) is 15.0. The highest BCUT2D eigenvalue weighted by Gasteiger charge is 2.32. The molecule has 6 nitrogen and oxygen atoms in total. The number of esters is 1. The van der Waals surface area contributed by atoms with Gasteiger partial charge in [-0.25, -0.2) is 8.42 Å². The van der Waals surface area contributed by atoms with Gasteiger partial charge in [-0.1, -0.05) is 24.3 Å². The summed E-state index contributed by atoms with van der Waals surface area (Å²) in [4.78, 5) is 23.8. The van der Waals surface area contributed by atoms with Crippen LogP contribution >= 0.6 is 0 Å². The number of anilines is 1. The molecular formula is C20H21NO5S. The van der Waals surface area contributed by atoms with E-state index < -0.39 is 21.7 Å². The number of hydrogen-bond acceptors (Lipinski definition) is 5. The molecule has 1 heterocycles. The van der Waals surface area contributed by atoms with Gasteiger partial charge in [0.25, 0.3) is 0 Å². The van der Waals surface area contributed by atoms with E-state index in [1.807, 2.05) is 31.2 Å². The predicted octanol–water partition coefficient (Wildman–Crippen LogP) is 2.51. The Morgan fingerprint density at radius 3 is 2.48 bits per heavy atom. The topological polar surface area (TPSA) is 89.5 Å². The van der Waals surface area contributed by atoms with Crippen LogP contribution in [0.15, 0.2) is 53.4 Å². The van der Waals surface area contributed by atoms with Crippen molar-refractivity contribution in [1.29, 1.82) is 0 Å². The van der Waals surface area contributed by atoms with E-state index in [1.54, 1.807) is 12.1 Å². The fourth-order valence-corrected chi connectivity index (χ4v) is 4.56. The summed E-state index contributed by atoms with van der Waals surface area (Å²) in [6, 6.07) is 13.6. The van der Waals surface area contributed by atoms with E-state index in [4.69, 9.17) is 4.74 Å². The number of sulfone groups is 1. The van der Waals surface area contributed by atoms with Crippen LogP contribution in [0.3, 0.4) is 0 Å². The number of carbonyl (C=O) groups is 2. The van der Waals surface area contributed by atoms with Gasteiger partial charge >= 0.3 is 5.97 Å². The monoisotopic (exact) mass is 387 g/mol. The molecule has 1 atom stereocenters. The lowest BCUT2D eigenvalue weighted by Gasteiger charge is -2.10. The van der Waals surface area contributed by atoms with Gasteiger partial charge in [0.2, 0.25) is 5.91 Å². The van der Waals surface area contributed by atoms with Crippen LogP contribution in [0.25, 0.3) is 0 Å². The highest BCUT2D eigenvalue weighted by Crippen LogP contribution is 2.22. The molecule has 0 bridgehead atoms. The third kappa shape index (κ3) is 4.74. The lowest BCUT2D eigenvalue weighted by Crippen LogP contribution is -2.20. The number of nitrogens with one attached hydrogen (secondary N) is 1. The summed E-state index contributed by atoms with van der Waals surface area (Å²) in [5.41, 5.74) is 2.50. The highest BCUT2D eigenvalue weighted by atomic mass is 32.2. The van der Waals surface area contributed by atoms with Gasteiger partial charge in [0.1, 0.15) is 0 Å². The number of rotatable bonds is 6. The second-order valence-electron chi connectivity index (χ2n) is 6.61. The number of carbonyl (C=O) groups excluding carboxylic acids is 2. The number of benzene rings is 2.